The molecule has 3 rings (SSSR count). The van der Waals surface area contributed by atoms with Crippen LogP contribution in [0.5, 0.6) is 0 Å². The average Bonchev–Trinajstić information content (AvgIpc) is 2.90. The summed E-state index contributed by atoms with van der Waals surface area (Å²) >= 11 is 0. The van der Waals surface area contributed by atoms with Gasteiger partial charge >= 0.3 is 0 Å². The fraction of sp³-hybridized carbons (Fsp3) is 0.706. The average molecular weight is 479 g/mol. The predicted molar refractivity (Wildman–Crippen MR) is 153 cm³/mol. The minimum absolute atomic E-state index is 0.717. The van der Waals surface area contributed by atoms with Gasteiger partial charge in [-0.3, -0.25) is 0 Å². The lowest BCUT2D eigenvalue weighted by Crippen LogP contribution is -2.15. The molecule has 2 aliphatic carbocycles. The summed E-state index contributed by atoms with van der Waals surface area (Å²) in [5, 5.41) is 0. The van der Waals surface area contributed by atoms with E-state index in [2.05, 4.69) is 49.9 Å². The van der Waals surface area contributed by atoms with Gasteiger partial charge in [0.2, 0.25) is 0 Å². The lowest BCUT2D eigenvalue weighted by Gasteiger charge is -2.29. The number of benzene rings is 1. The van der Waals surface area contributed by atoms with E-state index in [0.29, 0.717) is 0 Å². The molecule has 2 aliphatic rings. The molecule has 0 unspecified atom stereocenters. The maximum atomic E-state index is 5.66. The normalized spacial score (nSPS) is 25.2. The fourth-order valence-corrected chi connectivity index (χ4v) is 6.54. The lowest BCUT2D eigenvalue weighted by molar-refractivity contribution is 0.125. The van der Waals surface area contributed by atoms with E-state index in [-0.39, 0.29) is 0 Å². The minimum Gasteiger partial charge on any atom is -0.376 e. The topological polar surface area (TPSA) is 9.23 Å². The molecule has 0 saturated heterocycles. The summed E-state index contributed by atoms with van der Waals surface area (Å²) in [6.07, 6.45) is 30.8. The Morgan fingerprint density at radius 2 is 1.26 bits per heavy atom. The van der Waals surface area contributed by atoms with Crippen molar-refractivity contribution in [1.82, 2.24) is 0 Å². The molecule has 1 heteroatoms. The monoisotopic (exact) mass is 478 g/mol. The minimum atomic E-state index is 0.717. The zero-order valence-electron chi connectivity index (χ0n) is 22.9. The SMILES string of the molecule is C=CCCOCc1ccc(CCCC[C@H]2CC[C@H](CCCC[C@H]3CC[C@H](C=CC)CC3)CC2)cc1. The van der Waals surface area contributed by atoms with Crippen molar-refractivity contribution in [3.63, 3.8) is 0 Å². The molecule has 0 aromatic heterocycles. The molecule has 0 spiro atoms. The number of hydrogen-bond acceptors (Lipinski definition) is 1. The van der Waals surface area contributed by atoms with Crippen molar-refractivity contribution in [3.8, 4) is 0 Å². The van der Waals surface area contributed by atoms with Gasteiger partial charge in [0.1, 0.15) is 0 Å². The second-order valence-corrected chi connectivity index (χ2v) is 11.7. The van der Waals surface area contributed by atoms with Gasteiger partial charge in [-0.15, -0.1) is 6.58 Å². The van der Waals surface area contributed by atoms with Crippen molar-refractivity contribution in [2.75, 3.05) is 6.61 Å². The highest BCUT2D eigenvalue weighted by Gasteiger charge is 2.22. The van der Waals surface area contributed by atoms with Crippen molar-refractivity contribution < 1.29 is 4.74 Å². The summed E-state index contributed by atoms with van der Waals surface area (Å²) < 4.78 is 5.66. The zero-order chi connectivity index (χ0) is 24.6. The molecule has 1 aromatic rings. The first kappa shape index (κ1) is 28.2. The Labute approximate surface area is 217 Å². The summed E-state index contributed by atoms with van der Waals surface area (Å²) in [5.41, 5.74) is 2.76. The summed E-state index contributed by atoms with van der Waals surface area (Å²) in [7, 11) is 0. The first-order valence-corrected chi connectivity index (χ1v) is 15.2. The van der Waals surface area contributed by atoms with Crippen LogP contribution in [0, 0.1) is 23.7 Å². The van der Waals surface area contributed by atoms with Crippen LogP contribution in [0.1, 0.15) is 121 Å². The van der Waals surface area contributed by atoms with Crippen LogP contribution in [0.4, 0.5) is 0 Å². The highest BCUT2D eigenvalue weighted by Crippen LogP contribution is 2.36. The van der Waals surface area contributed by atoms with Crippen molar-refractivity contribution in [2.24, 2.45) is 23.7 Å². The van der Waals surface area contributed by atoms with E-state index >= 15 is 0 Å². The van der Waals surface area contributed by atoms with E-state index in [4.69, 9.17) is 4.74 Å². The van der Waals surface area contributed by atoms with E-state index < -0.39 is 0 Å². The van der Waals surface area contributed by atoms with E-state index in [1.807, 2.05) is 6.08 Å². The summed E-state index contributed by atoms with van der Waals surface area (Å²) in [6, 6.07) is 9.07. The number of rotatable bonds is 16. The third kappa shape index (κ3) is 11.5. The van der Waals surface area contributed by atoms with Gasteiger partial charge in [-0.05, 0) is 86.7 Å². The van der Waals surface area contributed by atoms with Gasteiger partial charge < -0.3 is 4.74 Å². The van der Waals surface area contributed by atoms with Crippen molar-refractivity contribution in [1.29, 1.82) is 0 Å². The van der Waals surface area contributed by atoms with Crippen LogP contribution < -0.4 is 0 Å². The Kier molecular flexibility index (Phi) is 13.9. The number of ether oxygens (including phenoxy) is 1. The molecule has 0 amide bonds. The van der Waals surface area contributed by atoms with Crippen molar-refractivity contribution >= 4 is 0 Å². The Morgan fingerprint density at radius 1 is 0.743 bits per heavy atom. The maximum Gasteiger partial charge on any atom is 0.0717 e. The van der Waals surface area contributed by atoms with E-state index in [0.717, 1.165) is 43.3 Å². The summed E-state index contributed by atoms with van der Waals surface area (Å²) in [6.45, 7) is 7.39. The van der Waals surface area contributed by atoms with Gasteiger partial charge in [-0.1, -0.05) is 107 Å². The van der Waals surface area contributed by atoms with E-state index in [1.54, 1.807) is 0 Å². The van der Waals surface area contributed by atoms with E-state index in [1.165, 1.54) is 114 Å². The first-order valence-electron chi connectivity index (χ1n) is 15.2. The molecular formula is C34H54O. The Bertz CT molecular complexity index is 686. The highest BCUT2D eigenvalue weighted by molar-refractivity contribution is 5.22. The van der Waals surface area contributed by atoms with Crippen LogP contribution in [0.3, 0.4) is 0 Å². The van der Waals surface area contributed by atoms with Gasteiger partial charge in [0.25, 0.3) is 0 Å². The second-order valence-electron chi connectivity index (χ2n) is 11.7. The molecule has 0 bridgehead atoms. The standard InChI is InChI=1S/C34H54O/c1-3-5-27-35-28-34-25-23-33(24-26-34)14-9-8-13-32-21-19-31(20-22-32)12-7-6-11-30-17-15-29(10-4-2)16-18-30/h3-4,10,23-26,29-32H,1,5-9,11-22,27-28H2,2H3/t29-,30-,31-,32-. The van der Waals surface area contributed by atoms with Gasteiger partial charge in [0.05, 0.1) is 13.2 Å². The van der Waals surface area contributed by atoms with Gasteiger partial charge in [0, 0.05) is 0 Å². The van der Waals surface area contributed by atoms with E-state index in [9.17, 15) is 0 Å². The molecule has 0 N–H and O–H groups in total. The maximum absolute atomic E-state index is 5.66. The molecular weight excluding hydrogens is 424 g/mol. The molecule has 0 heterocycles. The Balaban J connectivity index is 1.16. The van der Waals surface area contributed by atoms with Crippen molar-refractivity contribution in [3.05, 3.63) is 60.2 Å². The molecule has 35 heavy (non-hydrogen) atoms. The smallest absolute Gasteiger partial charge is 0.0717 e. The largest absolute Gasteiger partial charge is 0.376 e. The first-order chi connectivity index (χ1) is 17.3. The van der Waals surface area contributed by atoms with Crippen LogP contribution in [0.2, 0.25) is 0 Å². The lowest BCUT2D eigenvalue weighted by atomic mass is 9.77. The fourth-order valence-electron chi connectivity index (χ4n) is 6.54. The predicted octanol–water partition coefficient (Wildman–Crippen LogP) is 10.2. The van der Waals surface area contributed by atoms with Gasteiger partial charge in [-0.2, -0.15) is 0 Å². The third-order valence-corrected chi connectivity index (χ3v) is 8.88. The van der Waals surface area contributed by atoms with Crippen LogP contribution in [0.15, 0.2) is 49.1 Å². The van der Waals surface area contributed by atoms with Crippen LogP contribution in [-0.2, 0) is 17.8 Å². The molecule has 0 aliphatic heterocycles. The molecule has 196 valence electrons. The number of allylic oxidation sites excluding steroid dienone is 2. The number of hydrogen-bond donors (Lipinski definition) is 0. The highest BCUT2D eigenvalue weighted by atomic mass is 16.5. The zero-order valence-corrected chi connectivity index (χ0v) is 22.9. The van der Waals surface area contributed by atoms with Gasteiger partial charge in [-0.25, -0.2) is 0 Å². The summed E-state index contributed by atoms with van der Waals surface area (Å²) in [5.74, 6) is 3.96. The van der Waals surface area contributed by atoms with Crippen LogP contribution in [0.25, 0.3) is 0 Å². The van der Waals surface area contributed by atoms with Crippen LogP contribution in [-0.4, -0.2) is 6.61 Å². The molecule has 0 atom stereocenters. The Hall–Kier alpha value is -1.34. The molecule has 0 radical (unpaired) electrons. The number of aryl methyl sites for hydroxylation is 1. The molecule has 2 fully saturated rings. The second kappa shape index (κ2) is 17.2. The molecule has 1 aromatic carbocycles. The van der Waals surface area contributed by atoms with Crippen LogP contribution >= 0.6 is 0 Å². The quantitative estimate of drug-likeness (QED) is 0.170. The van der Waals surface area contributed by atoms with Crippen molar-refractivity contribution in [2.45, 2.75) is 123 Å². The molecule has 1 nitrogen and oxygen atoms in total. The van der Waals surface area contributed by atoms with Gasteiger partial charge in [0.15, 0.2) is 0 Å². The Morgan fingerprint density at radius 3 is 1.80 bits per heavy atom. The number of unbranched alkanes of at least 4 members (excludes halogenated alkanes) is 2. The third-order valence-electron chi connectivity index (χ3n) is 8.88. The molecule has 2 saturated carbocycles. The summed E-state index contributed by atoms with van der Waals surface area (Å²) in [4.78, 5) is 0.